The molecule has 118 valence electrons. The number of allylic oxidation sites excluding steroid dienone is 1. The van der Waals surface area contributed by atoms with Crippen LogP contribution in [0.5, 0.6) is 0 Å². The maximum absolute atomic E-state index is 12.0. The molecule has 2 rings (SSSR count). The highest BCUT2D eigenvalue weighted by Crippen LogP contribution is 2.11. The van der Waals surface area contributed by atoms with Gasteiger partial charge in [-0.1, -0.05) is 17.7 Å². The average Bonchev–Trinajstić information content (AvgIpc) is 2.53. The number of anilines is 1. The molecule has 5 heteroatoms. The third-order valence-electron chi connectivity index (χ3n) is 2.99. The maximum atomic E-state index is 12.0. The number of pyridine rings is 1. The van der Waals surface area contributed by atoms with Crippen LogP contribution in [0.25, 0.3) is 0 Å². The number of carbonyl (C=O) groups excluding carboxylic acids is 2. The zero-order valence-electron chi connectivity index (χ0n) is 13.2. The lowest BCUT2D eigenvalue weighted by Crippen LogP contribution is -2.22. The van der Waals surface area contributed by atoms with E-state index in [9.17, 15) is 9.59 Å². The Hall–Kier alpha value is -2.95. The molecule has 0 radical (unpaired) electrons. The van der Waals surface area contributed by atoms with Crippen molar-refractivity contribution < 1.29 is 9.59 Å². The van der Waals surface area contributed by atoms with Crippen molar-refractivity contribution in [3.05, 3.63) is 71.6 Å². The summed E-state index contributed by atoms with van der Waals surface area (Å²) in [5, 5.41) is 5.62. The fourth-order valence-corrected chi connectivity index (χ4v) is 1.98. The summed E-state index contributed by atoms with van der Waals surface area (Å²) < 4.78 is 0. The zero-order chi connectivity index (χ0) is 16.7. The molecule has 0 aliphatic heterocycles. The van der Waals surface area contributed by atoms with Gasteiger partial charge in [0.25, 0.3) is 5.91 Å². The second-order valence-corrected chi connectivity index (χ2v) is 5.34. The average molecular weight is 309 g/mol. The summed E-state index contributed by atoms with van der Waals surface area (Å²) in [6, 6.07) is 10.8. The number of hydrogen-bond donors (Lipinski definition) is 2. The molecule has 0 aliphatic carbocycles. The lowest BCUT2D eigenvalue weighted by atomic mass is 10.2. The van der Waals surface area contributed by atoms with E-state index in [0.29, 0.717) is 17.8 Å². The van der Waals surface area contributed by atoms with E-state index in [0.717, 1.165) is 11.1 Å². The number of amides is 2. The van der Waals surface area contributed by atoms with Crippen molar-refractivity contribution in [3.8, 4) is 0 Å². The largest absolute Gasteiger partial charge is 0.348 e. The summed E-state index contributed by atoms with van der Waals surface area (Å²) in [6.07, 6.45) is 4.68. The Morgan fingerprint density at radius 1 is 1.17 bits per heavy atom. The van der Waals surface area contributed by atoms with Crippen LogP contribution >= 0.6 is 0 Å². The molecule has 0 saturated heterocycles. The molecule has 0 fully saturated rings. The van der Waals surface area contributed by atoms with Crippen molar-refractivity contribution in [2.75, 3.05) is 5.32 Å². The summed E-state index contributed by atoms with van der Waals surface area (Å²) in [4.78, 5) is 27.6. The number of hydrogen-bond acceptors (Lipinski definition) is 3. The number of aromatic nitrogens is 1. The molecule has 1 aromatic carbocycles. The van der Waals surface area contributed by atoms with Crippen molar-refractivity contribution in [2.24, 2.45) is 0 Å². The quantitative estimate of drug-likeness (QED) is 0.834. The second kappa shape index (κ2) is 7.89. The van der Waals surface area contributed by atoms with Crippen LogP contribution < -0.4 is 10.6 Å². The van der Waals surface area contributed by atoms with Gasteiger partial charge >= 0.3 is 0 Å². The lowest BCUT2D eigenvalue weighted by molar-refractivity contribution is -0.111. The van der Waals surface area contributed by atoms with Crippen molar-refractivity contribution in [1.29, 1.82) is 0 Å². The van der Waals surface area contributed by atoms with Gasteiger partial charge < -0.3 is 10.6 Å². The van der Waals surface area contributed by atoms with Crippen LogP contribution in [0.1, 0.15) is 29.8 Å². The van der Waals surface area contributed by atoms with Crippen molar-refractivity contribution in [2.45, 2.75) is 20.4 Å². The van der Waals surface area contributed by atoms with E-state index < -0.39 is 0 Å². The highest BCUT2D eigenvalue weighted by molar-refractivity contribution is 5.99. The molecule has 0 saturated carbocycles. The van der Waals surface area contributed by atoms with Crippen LogP contribution in [0, 0.1) is 0 Å². The number of rotatable bonds is 5. The van der Waals surface area contributed by atoms with Crippen LogP contribution in [0.4, 0.5) is 5.69 Å². The van der Waals surface area contributed by atoms with E-state index in [2.05, 4.69) is 15.6 Å². The van der Waals surface area contributed by atoms with Gasteiger partial charge in [-0.3, -0.25) is 14.6 Å². The Labute approximate surface area is 135 Å². The molecule has 0 spiro atoms. The van der Waals surface area contributed by atoms with Crippen LogP contribution in [0.3, 0.4) is 0 Å². The standard InChI is InChI=1S/C18H19N3O2/c1-13(2)9-17(22)21-16-7-3-5-14(10-16)11-20-18(23)15-6-4-8-19-12-15/h3-10,12H,11H2,1-2H3,(H,20,23)(H,21,22). The van der Waals surface area contributed by atoms with Gasteiger partial charge in [0.15, 0.2) is 0 Å². The van der Waals surface area contributed by atoms with Gasteiger partial charge in [0.1, 0.15) is 0 Å². The molecular weight excluding hydrogens is 290 g/mol. The number of carbonyl (C=O) groups is 2. The first-order valence-electron chi connectivity index (χ1n) is 7.27. The summed E-state index contributed by atoms with van der Waals surface area (Å²) in [5.41, 5.74) is 3.04. The molecule has 2 amide bonds. The van der Waals surface area contributed by atoms with Crippen molar-refractivity contribution in [1.82, 2.24) is 10.3 Å². The van der Waals surface area contributed by atoms with Gasteiger partial charge in [0, 0.05) is 30.7 Å². The maximum Gasteiger partial charge on any atom is 0.253 e. The van der Waals surface area contributed by atoms with Crippen LogP contribution in [0.15, 0.2) is 60.4 Å². The van der Waals surface area contributed by atoms with E-state index in [1.165, 1.54) is 12.3 Å². The molecule has 5 nitrogen and oxygen atoms in total. The van der Waals surface area contributed by atoms with Crippen molar-refractivity contribution >= 4 is 17.5 Å². The van der Waals surface area contributed by atoms with Gasteiger partial charge in [-0.15, -0.1) is 0 Å². The fourth-order valence-electron chi connectivity index (χ4n) is 1.98. The van der Waals surface area contributed by atoms with E-state index in [-0.39, 0.29) is 11.8 Å². The fraction of sp³-hybridized carbons (Fsp3) is 0.167. The highest BCUT2D eigenvalue weighted by Gasteiger charge is 2.05. The number of benzene rings is 1. The lowest BCUT2D eigenvalue weighted by Gasteiger charge is -2.08. The van der Waals surface area contributed by atoms with Gasteiger partial charge in [-0.25, -0.2) is 0 Å². The first kappa shape index (κ1) is 16.4. The van der Waals surface area contributed by atoms with Gasteiger partial charge in [0.2, 0.25) is 5.91 Å². The molecule has 23 heavy (non-hydrogen) atoms. The Bertz CT molecular complexity index is 720. The second-order valence-electron chi connectivity index (χ2n) is 5.34. The SMILES string of the molecule is CC(C)=CC(=O)Nc1cccc(CNC(=O)c2cccnc2)c1. The Morgan fingerprint density at radius 2 is 2.00 bits per heavy atom. The molecule has 0 aliphatic rings. The normalized spacial score (nSPS) is 9.83. The summed E-state index contributed by atoms with van der Waals surface area (Å²) in [6.45, 7) is 4.11. The molecule has 0 atom stereocenters. The van der Waals surface area contributed by atoms with Crippen LogP contribution in [-0.2, 0) is 11.3 Å². The predicted molar refractivity (Wildman–Crippen MR) is 89.9 cm³/mol. The Kier molecular flexibility index (Phi) is 5.63. The Balaban J connectivity index is 1.96. The molecule has 2 N–H and O–H groups in total. The molecule has 1 aromatic heterocycles. The Morgan fingerprint density at radius 3 is 2.70 bits per heavy atom. The minimum atomic E-state index is -0.183. The van der Waals surface area contributed by atoms with E-state index in [4.69, 9.17) is 0 Å². The summed E-state index contributed by atoms with van der Waals surface area (Å²) in [5.74, 6) is -0.348. The first-order chi connectivity index (χ1) is 11.0. The molecule has 2 aromatic rings. The predicted octanol–water partition coefficient (Wildman–Crippen LogP) is 2.92. The van der Waals surface area contributed by atoms with Gasteiger partial charge in [0.05, 0.1) is 5.56 Å². The molecule has 1 heterocycles. The minimum Gasteiger partial charge on any atom is -0.348 e. The third kappa shape index (κ3) is 5.39. The first-order valence-corrected chi connectivity index (χ1v) is 7.27. The molecule has 0 unspecified atom stereocenters. The number of nitrogens with zero attached hydrogens (tertiary/aromatic N) is 1. The number of nitrogens with one attached hydrogen (secondary N) is 2. The van der Waals surface area contributed by atoms with Gasteiger partial charge in [-0.2, -0.15) is 0 Å². The minimum absolute atomic E-state index is 0.165. The van der Waals surface area contributed by atoms with Crippen LogP contribution in [0.2, 0.25) is 0 Å². The monoisotopic (exact) mass is 309 g/mol. The summed E-state index contributed by atoms with van der Waals surface area (Å²) in [7, 11) is 0. The highest BCUT2D eigenvalue weighted by atomic mass is 16.2. The van der Waals surface area contributed by atoms with E-state index >= 15 is 0 Å². The topological polar surface area (TPSA) is 71.1 Å². The molecule has 0 bridgehead atoms. The van der Waals surface area contributed by atoms with Crippen molar-refractivity contribution in [3.63, 3.8) is 0 Å². The summed E-state index contributed by atoms with van der Waals surface area (Å²) >= 11 is 0. The van der Waals surface area contributed by atoms with Gasteiger partial charge in [-0.05, 0) is 43.7 Å². The van der Waals surface area contributed by atoms with E-state index in [1.807, 2.05) is 38.1 Å². The third-order valence-corrected chi connectivity index (χ3v) is 2.99. The molecular formula is C18H19N3O2. The van der Waals surface area contributed by atoms with Crippen LogP contribution in [-0.4, -0.2) is 16.8 Å². The zero-order valence-corrected chi connectivity index (χ0v) is 13.2. The van der Waals surface area contributed by atoms with E-state index in [1.54, 1.807) is 18.3 Å². The smallest absolute Gasteiger partial charge is 0.253 e.